The van der Waals surface area contributed by atoms with E-state index >= 15 is 0 Å². The first-order valence-electron chi connectivity index (χ1n) is 10.6. The smallest absolute Gasteiger partial charge is 0.191 e. The molecule has 156 valence electrons. The number of nitrogens with zero attached hydrogens (tertiary/aromatic N) is 3. The van der Waals surface area contributed by atoms with Crippen LogP contribution in [0.2, 0.25) is 0 Å². The van der Waals surface area contributed by atoms with E-state index in [9.17, 15) is 0 Å². The fourth-order valence-corrected chi connectivity index (χ4v) is 4.38. The van der Waals surface area contributed by atoms with Crippen molar-refractivity contribution in [2.24, 2.45) is 4.99 Å². The molecule has 0 amide bonds. The Kier molecular flexibility index (Phi) is 9.26. The molecule has 2 aliphatic heterocycles. The minimum atomic E-state index is 0.703. The Hall–Kier alpha value is -1.44. The average molecular weight is 406 g/mol. The second-order valence-corrected chi connectivity index (χ2v) is 8.42. The molecule has 28 heavy (non-hydrogen) atoms. The maximum Gasteiger partial charge on any atom is 0.191 e. The standard InChI is InChI=1S/C21H35N5OS/c1-2-22-21(23-8-3-9-25-10-14-27-15-11-25)24-18-19-4-6-20(7-5-19)26-12-16-28-17-13-26/h4-7H,2-3,8-18H2,1H3,(H2,22,23,24). The van der Waals surface area contributed by atoms with E-state index in [0.717, 1.165) is 71.4 Å². The zero-order valence-corrected chi connectivity index (χ0v) is 18.0. The van der Waals surface area contributed by atoms with Crippen LogP contribution in [0.15, 0.2) is 29.3 Å². The van der Waals surface area contributed by atoms with Crippen molar-refractivity contribution in [2.75, 3.05) is 75.4 Å². The lowest BCUT2D eigenvalue weighted by molar-refractivity contribution is 0.0376. The Balaban J connectivity index is 1.42. The van der Waals surface area contributed by atoms with E-state index in [0.29, 0.717) is 6.54 Å². The van der Waals surface area contributed by atoms with Gasteiger partial charge in [-0.2, -0.15) is 11.8 Å². The molecule has 0 bridgehead atoms. The Morgan fingerprint density at radius 3 is 2.54 bits per heavy atom. The number of aliphatic imine (C=N–C) groups is 1. The quantitative estimate of drug-likeness (QED) is 0.392. The molecule has 2 aliphatic rings. The summed E-state index contributed by atoms with van der Waals surface area (Å²) < 4.78 is 5.40. The molecule has 0 aliphatic carbocycles. The van der Waals surface area contributed by atoms with Gasteiger partial charge in [0, 0.05) is 56.5 Å². The van der Waals surface area contributed by atoms with Gasteiger partial charge in [-0.25, -0.2) is 4.99 Å². The number of morpholine rings is 1. The summed E-state index contributed by atoms with van der Waals surface area (Å²) in [6.07, 6.45) is 1.12. The van der Waals surface area contributed by atoms with Crippen molar-refractivity contribution in [3.05, 3.63) is 29.8 Å². The van der Waals surface area contributed by atoms with Crippen molar-refractivity contribution in [3.8, 4) is 0 Å². The summed E-state index contributed by atoms with van der Waals surface area (Å²) in [5, 5.41) is 6.81. The Morgan fingerprint density at radius 2 is 1.82 bits per heavy atom. The molecule has 0 spiro atoms. The second kappa shape index (κ2) is 12.2. The highest BCUT2D eigenvalue weighted by Gasteiger charge is 2.11. The SMILES string of the molecule is CCNC(=NCc1ccc(N2CCSCC2)cc1)NCCCN1CCOCC1. The zero-order chi connectivity index (χ0) is 19.4. The topological polar surface area (TPSA) is 52.1 Å². The maximum atomic E-state index is 5.40. The molecular formula is C21H35N5OS. The maximum absolute atomic E-state index is 5.40. The van der Waals surface area contributed by atoms with Gasteiger partial charge in [0.2, 0.25) is 0 Å². The van der Waals surface area contributed by atoms with Gasteiger partial charge in [-0.1, -0.05) is 12.1 Å². The van der Waals surface area contributed by atoms with Crippen molar-refractivity contribution < 1.29 is 4.74 Å². The molecule has 2 fully saturated rings. The first kappa shape index (κ1) is 21.3. The highest BCUT2D eigenvalue weighted by Crippen LogP contribution is 2.20. The van der Waals surface area contributed by atoms with E-state index in [1.807, 2.05) is 11.8 Å². The summed E-state index contributed by atoms with van der Waals surface area (Å²) in [6, 6.07) is 8.90. The Morgan fingerprint density at radius 1 is 1.07 bits per heavy atom. The molecule has 0 radical (unpaired) electrons. The van der Waals surface area contributed by atoms with Crippen LogP contribution in [0.4, 0.5) is 5.69 Å². The van der Waals surface area contributed by atoms with Gasteiger partial charge in [0.05, 0.1) is 19.8 Å². The number of thioether (sulfide) groups is 1. The summed E-state index contributed by atoms with van der Waals surface area (Å²) >= 11 is 2.05. The third-order valence-electron chi connectivity index (χ3n) is 5.12. The van der Waals surface area contributed by atoms with Crippen LogP contribution in [0.1, 0.15) is 18.9 Å². The second-order valence-electron chi connectivity index (χ2n) is 7.20. The number of rotatable bonds is 8. The molecular weight excluding hydrogens is 370 g/mol. The van der Waals surface area contributed by atoms with Crippen molar-refractivity contribution in [3.63, 3.8) is 0 Å². The number of guanidine groups is 1. The molecule has 6 nitrogen and oxygen atoms in total. The number of nitrogens with one attached hydrogen (secondary N) is 2. The first-order chi connectivity index (χ1) is 13.8. The first-order valence-corrected chi connectivity index (χ1v) is 11.7. The van der Waals surface area contributed by atoms with Crippen LogP contribution in [-0.4, -0.2) is 81.4 Å². The minimum absolute atomic E-state index is 0.703. The van der Waals surface area contributed by atoms with Crippen molar-refractivity contribution in [1.29, 1.82) is 0 Å². The predicted octanol–water partition coefficient (Wildman–Crippen LogP) is 2.02. The van der Waals surface area contributed by atoms with Gasteiger partial charge in [-0.3, -0.25) is 4.90 Å². The summed E-state index contributed by atoms with van der Waals surface area (Å²) in [6.45, 7) is 11.9. The van der Waals surface area contributed by atoms with E-state index in [1.54, 1.807) is 0 Å². The molecule has 2 heterocycles. The number of benzene rings is 1. The monoisotopic (exact) mass is 405 g/mol. The van der Waals surface area contributed by atoms with Crippen molar-refractivity contribution >= 4 is 23.4 Å². The van der Waals surface area contributed by atoms with Crippen LogP contribution in [0.25, 0.3) is 0 Å². The number of hydrogen-bond acceptors (Lipinski definition) is 5. The fraction of sp³-hybridized carbons (Fsp3) is 0.667. The minimum Gasteiger partial charge on any atom is -0.379 e. The van der Waals surface area contributed by atoms with E-state index in [1.165, 1.54) is 22.8 Å². The van der Waals surface area contributed by atoms with E-state index < -0.39 is 0 Å². The summed E-state index contributed by atoms with van der Waals surface area (Å²) in [4.78, 5) is 9.70. The van der Waals surface area contributed by atoms with Crippen LogP contribution >= 0.6 is 11.8 Å². The molecule has 2 saturated heterocycles. The van der Waals surface area contributed by atoms with E-state index in [2.05, 4.69) is 51.6 Å². The fourth-order valence-electron chi connectivity index (χ4n) is 3.48. The van der Waals surface area contributed by atoms with Crippen molar-refractivity contribution in [1.82, 2.24) is 15.5 Å². The lowest BCUT2D eigenvalue weighted by atomic mass is 10.2. The normalized spacial score (nSPS) is 18.9. The molecule has 0 aromatic heterocycles. The van der Waals surface area contributed by atoms with Crippen LogP contribution in [0.5, 0.6) is 0 Å². The van der Waals surface area contributed by atoms with Gasteiger partial charge in [-0.15, -0.1) is 0 Å². The largest absolute Gasteiger partial charge is 0.379 e. The predicted molar refractivity (Wildman–Crippen MR) is 121 cm³/mol. The van der Waals surface area contributed by atoms with Gasteiger partial charge in [0.1, 0.15) is 0 Å². The number of hydrogen-bond donors (Lipinski definition) is 2. The Bertz CT molecular complexity index is 583. The van der Waals surface area contributed by atoms with Crippen LogP contribution in [0, 0.1) is 0 Å². The number of ether oxygens (including phenoxy) is 1. The zero-order valence-electron chi connectivity index (χ0n) is 17.2. The molecule has 1 aromatic rings. The third kappa shape index (κ3) is 7.18. The molecule has 0 atom stereocenters. The van der Waals surface area contributed by atoms with Gasteiger partial charge in [-0.05, 0) is 37.6 Å². The van der Waals surface area contributed by atoms with Crippen LogP contribution in [0.3, 0.4) is 0 Å². The molecule has 0 unspecified atom stereocenters. The van der Waals surface area contributed by atoms with Crippen LogP contribution in [-0.2, 0) is 11.3 Å². The molecule has 2 N–H and O–H groups in total. The van der Waals surface area contributed by atoms with E-state index in [4.69, 9.17) is 9.73 Å². The van der Waals surface area contributed by atoms with Crippen molar-refractivity contribution in [2.45, 2.75) is 19.9 Å². The summed E-state index contributed by atoms with van der Waals surface area (Å²) in [5.74, 6) is 3.37. The molecule has 3 rings (SSSR count). The highest BCUT2D eigenvalue weighted by atomic mass is 32.2. The average Bonchev–Trinajstić information content (AvgIpc) is 2.76. The molecule has 1 aromatic carbocycles. The lowest BCUT2D eigenvalue weighted by Crippen LogP contribution is -2.40. The van der Waals surface area contributed by atoms with Gasteiger partial charge in [0.25, 0.3) is 0 Å². The van der Waals surface area contributed by atoms with Gasteiger partial charge < -0.3 is 20.3 Å². The van der Waals surface area contributed by atoms with Gasteiger partial charge in [0.15, 0.2) is 5.96 Å². The van der Waals surface area contributed by atoms with Crippen LogP contribution < -0.4 is 15.5 Å². The lowest BCUT2D eigenvalue weighted by Gasteiger charge is -2.28. The Labute approximate surface area is 174 Å². The van der Waals surface area contributed by atoms with Gasteiger partial charge >= 0.3 is 0 Å². The number of anilines is 1. The molecule has 7 heteroatoms. The molecule has 0 saturated carbocycles. The summed E-state index contributed by atoms with van der Waals surface area (Å²) in [5.41, 5.74) is 2.59. The summed E-state index contributed by atoms with van der Waals surface area (Å²) in [7, 11) is 0. The third-order valence-corrected chi connectivity index (χ3v) is 6.07. The highest BCUT2D eigenvalue weighted by molar-refractivity contribution is 7.99. The van der Waals surface area contributed by atoms with E-state index in [-0.39, 0.29) is 0 Å².